The van der Waals surface area contributed by atoms with Gasteiger partial charge in [0, 0.05) is 17.5 Å². The minimum atomic E-state index is 1.07. The molecule has 0 heterocycles. The van der Waals surface area contributed by atoms with E-state index in [1.54, 1.807) is 4.90 Å². The molecule has 0 radical (unpaired) electrons. The molecule has 0 saturated heterocycles. The Morgan fingerprint density at radius 3 is 1.60 bits per heavy atom. The van der Waals surface area contributed by atoms with Gasteiger partial charge in [0.1, 0.15) is 13.1 Å². The summed E-state index contributed by atoms with van der Waals surface area (Å²) >= 11 is 0. The standard InChI is InChI=1S/C24H27N/c1-2-21-13-15-24(16-14-21)20-25(19-23-11-7-4-8-12-23)18-17-22-9-5-3-6-10-22/h3-16H,2,17-20H2,1H3/p+1. The molecule has 128 valence electrons. The lowest BCUT2D eigenvalue weighted by Gasteiger charge is -2.20. The number of hydrogen-bond donors (Lipinski definition) is 1. The van der Waals surface area contributed by atoms with Crippen LogP contribution in [0.5, 0.6) is 0 Å². The van der Waals surface area contributed by atoms with Crippen LogP contribution < -0.4 is 4.90 Å². The van der Waals surface area contributed by atoms with Gasteiger partial charge in [-0.05, 0) is 17.5 Å². The van der Waals surface area contributed by atoms with Crippen molar-refractivity contribution >= 4 is 0 Å². The summed E-state index contributed by atoms with van der Waals surface area (Å²) in [5.41, 5.74) is 5.68. The highest BCUT2D eigenvalue weighted by Crippen LogP contribution is 2.05. The maximum atomic E-state index is 2.30. The van der Waals surface area contributed by atoms with Gasteiger partial charge in [0.15, 0.2) is 0 Å². The average molecular weight is 330 g/mol. The molecule has 0 aliphatic heterocycles. The lowest BCUT2D eigenvalue weighted by molar-refractivity contribution is -0.927. The van der Waals surface area contributed by atoms with Crippen molar-refractivity contribution in [3.63, 3.8) is 0 Å². The maximum absolute atomic E-state index is 2.30. The van der Waals surface area contributed by atoms with Crippen LogP contribution in [0.25, 0.3) is 0 Å². The summed E-state index contributed by atoms with van der Waals surface area (Å²) in [4.78, 5) is 1.61. The topological polar surface area (TPSA) is 4.44 Å². The third kappa shape index (κ3) is 5.58. The molecule has 3 aromatic carbocycles. The van der Waals surface area contributed by atoms with Gasteiger partial charge >= 0.3 is 0 Å². The Kier molecular flexibility index (Phi) is 6.42. The van der Waals surface area contributed by atoms with Crippen LogP contribution in [0.4, 0.5) is 0 Å². The first-order valence-electron chi connectivity index (χ1n) is 9.32. The van der Waals surface area contributed by atoms with E-state index >= 15 is 0 Å². The molecule has 0 aromatic heterocycles. The van der Waals surface area contributed by atoms with Crippen molar-refractivity contribution in [3.8, 4) is 0 Å². The Balaban J connectivity index is 1.68. The van der Waals surface area contributed by atoms with Crippen molar-refractivity contribution in [2.24, 2.45) is 0 Å². The van der Waals surface area contributed by atoms with Crippen LogP contribution in [0.15, 0.2) is 84.9 Å². The zero-order valence-electron chi connectivity index (χ0n) is 15.1. The van der Waals surface area contributed by atoms with Crippen LogP contribution in [0.3, 0.4) is 0 Å². The minimum Gasteiger partial charge on any atom is -0.327 e. The Labute approximate surface area is 151 Å². The molecule has 0 saturated carbocycles. The molecule has 1 N–H and O–H groups in total. The van der Waals surface area contributed by atoms with Gasteiger partial charge in [0.25, 0.3) is 0 Å². The van der Waals surface area contributed by atoms with Crippen molar-refractivity contribution in [1.29, 1.82) is 0 Å². The van der Waals surface area contributed by atoms with Gasteiger partial charge in [0.05, 0.1) is 6.54 Å². The SMILES string of the molecule is CCc1ccc(C[NH+](CCc2ccccc2)Cc2ccccc2)cc1. The van der Waals surface area contributed by atoms with Crippen LogP contribution in [0.2, 0.25) is 0 Å². The normalized spacial score (nSPS) is 12.0. The monoisotopic (exact) mass is 330 g/mol. The largest absolute Gasteiger partial charge is 0.327 e. The summed E-state index contributed by atoms with van der Waals surface area (Å²) in [7, 11) is 0. The molecule has 3 aromatic rings. The Hall–Kier alpha value is -2.38. The molecule has 0 aliphatic rings. The zero-order chi connectivity index (χ0) is 17.3. The zero-order valence-corrected chi connectivity index (χ0v) is 15.1. The summed E-state index contributed by atoms with van der Waals surface area (Å²) in [5.74, 6) is 0. The molecule has 0 fully saturated rings. The fourth-order valence-corrected chi connectivity index (χ4v) is 3.27. The number of rotatable bonds is 8. The van der Waals surface area contributed by atoms with E-state index < -0.39 is 0 Å². The summed E-state index contributed by atoms with van der Waals surface area (Å²) in [6.45, 7) is 5.51. The van der Waals surface area contributed by atoms with Gasteiger partial charge in [-0.3, -0.25) is 0 Å². The highest BCUT2D eigenvalue weighted by Gasteiger charge is 2.11. The Bertz CT molecular complexity index is 732. The highest BCUT2D eigenvalue weighted by molar-refractivity contribution is 5.22. The maximum Gasteiger partial charge on any atom is 0.103 e. The third-order valence-electron chi connectivity index (χ3n) is 4.79. The fourth-order valence-electron chi connectivity index (χ4n) is 3.27. The van der Waals surface area contributed by atoms with E-state index in [4.69, 9.17) is 0 Å². The van der Waals surface area contributed by atoms with Gasteiger partial charge in [0.2, 0.25) is 0 Å². The molecule has 1 nitrogen and oxygen atoms in total. The summed E-state index contributed by atoms with van der Waals surface area (Å²) in [6.07, 6.45) is 2.23. The highest BCUT2D eigenvalue weighted by atomic mass is 15.1. The lowest BCUT2D eigenvalue weighted by atomic mass is 10.1. The first-order valence-corrected chi connectivity index (χ1v) is 9.32. The van der Waals surface area contributed by atoms with Gasteiger partial charge in [-0.15, -0.1) is 0 Å². The number of benzene rings is 3. The van der Waals surface area contributed by atoms with Crippen molar-refractivity contribution in [3.05, 3.63) is 107 Å². The fraction of sp³-hybridized carbons (Fsp3) is 0.250. The molecule has 1 atom stereocenters. The van der Waals surface area contributed by atoms with Crippen molar-refractivity contribution < 1.29 is 4.90 Å². The second-order valence-corrected chi connectivity index (χ2v) is 6.74. The van der Waals surface area contributed by atoms with E-state index in [0.29, 0.717) is 0 Å². The molecule has 25 heavy (non-hydrogen) atoms. The number of hydrogen-bond acceptors (Lipinski definition) is 0. The lowest BCUT2D eigenvalue weighted by Crippen LogP contribution is -3.09. The van der Waals surface area contributed by atoms with E-state index in [1.807, 2.05) is 0 Å². The van der Waals surface area contributed by atoms with Crippen LogP contribution in [-0.4, -0.2) is 6.54 Å². The third-order valence-corrected chi connectivity index (χ3v) is 4.79. The van der Waals surface area contributed by atoms with E-state index in [1.165, 1.54) is 22.3 Å². The van der Waals surface area contributed by atoms with E-state index in [2.05, 4.69) is 91.9 Å². The van der Waals surface area contributed by atoms with E-state index in [9.17, 15) is 0 Å². The quantitative estimate of drug-likeness (QED) is 0.635. The predicted molar refractivity (Wildman–Crippen MR) is 106 cm³/mol. The van der Waals surface area contributed by atoms with Gasteiger partial charge in [-0.1, -0.05) is 91.9 Å². The van der Waals surface area contributed by atoms with Crippen LogP contribution >= 0.6 is 0 Å². The van der Waals surface area contributed by atoms with E-state index in [0.717, 1.165) is 32.5 Å². The van der Waals surface area contributed by atoms with Gasteiger partial charge in [-0.25, -0.2) is 0 Å². The molecular formula is C24H28N+. The van der Waals surface area contributed by atoms with Crippen LogP contribution in [0, 0.1) is 0 Å². The van der Waals surface area contributed by atoms with Gasteiger partial charge < -0.3 is 4.90 Å². The second-order valence-electron chi connectivity index (χ2n) is 6.74. The molecule has 0 spiro atoms. The molecule has 1 heteroatoms. The van der Waals surface area contributed by atoms with Gasteiger partial charge in [-0.2, -0.15) is 0 Å². The average Bonchev–Trinajstić information content (AvgIpc) is 2.68. The first kappa shape index (κ1) is 17.4. The molecule has 0 aliphatic carbocycles. The number of aryl methyl sites for hydroxylation is 1. The summed E-state index contributed by atoms with van der Waals surface area (Å²) in [5, 5.41) is 0. The molecule has 3 rings (SSSR count). The smallest absolute Gasteiger partial charge is 0.103 e. The summed E-state index contributed by atoms with van der Waals surface area (Å²) < 4.78 is 0. The predicted octanol–water partition coefficient (Wildman–Crippen LogP) is 4.08. The van der Waals surface area contributed by atoms with Crippen molar-refractivity contribution in [2.75, 3.05) is 6.54 Å². The van der Waals surface area contributed by atoms with Crippen molar-refractivity contribution in [2.45, 2.75) is 32.9 Å². The van der Waals surface area contributed by atoms with Crippen LogP contribution in [-0.2, 0) is 25.9 Å². The molecule has 0 amide bonds. The molecule has 1 unspecified atom stereocenters. The Morgan fingerprint density at radius 2 is 1.04 bits per heavy atom. The Morgan fingerprint density at radius 1 is 0.560 bits per heavy atom. The van der Waals surface area contributed by atoms with Crippen LogP contribution in [0.1, 0.15) is 29.2 Å². The molecular weight excluding hydrogens is 302 g/mol. The first-order chi connectivity index (χ1) is 12.3. The summed E-state index contributed by atoms with van der Waals surface area (Å²) in [6, 6.07) is 30.8. The van der Waals surface area contributed by atoms with Crippen molar-refractivity contribution in [1.82, 2.24) is 0 Å². The minimum absolute atomic E-state index is 1.07. The number of nitrogens with one attached hydrogen (secondary N) is 1. The number of quaternary nitrogens is 1. The molecule has 0 bridgehead atoms. The van der Waals surface area contributed by atoms with E-state index in [-0.39, 0.29) is 0 Å². The second kappa shape index (κ2) is 9.19.